The maximum Gasteiger partial charge on any atom is 0.233 e. The summed E-state index contributed by atoms with van der Waals surface area (Å²) >= 11 is 1.79. The summed E-state index contributed by atoms with van der Waals surface area (Å²) < 4.78 is 0. The van der Waals surface area contributed by atoms with Crippen LogP contribution in [-0.4, -0.2) is 35.2 Å². The molecule has 0 bridgehead atoms. The third-order valence-electron chi connectivity index (χ3n) is 2.96. The van der Waals surface area contributed by atoms with Crippen molar-refractivity contribution in [2.45, 2.75) is 44.3 Å². The molecule has 1 rings (SSSR count). The fourth-order valence-corrected chi connectivity index (χ4v) is 3.04. The normalized spacial score (nSPS) is 22.8. The average molecular weight is 245 g/mol. The maximum atomic E-state index is 11.7. The van der Waals surface area contributed by atoms with Gasteiger partial charge in [-0.3, -0.25) is 4.79 Å². The molecular formula is C12H23NO2S. The zero-order valence-corrected chi connectivity index (χ0v) is 10.9. The molecule has 4 heteroatoms. The van der Waals surface area contributed by atoms with E-state index in [0.717, 1.165) is 31.6 Å². The fourth-order valence-electron chi connectivity index (χ4n) is 1.81. The first kappa shape index (κ1) is 13.8. The Labute approximate surface area is 102 Å². The Bertz CT molecular complexity index is 205. The highest BCUT2D eigenvalue weighted by atomic mass is 32.2. The van der Waals surface area contributed by atoms with Gasteiger partial charge in [0.1, 0.15) is 0 Å². The number of hydrogen-bond donors (Lipinski definition) is 2. The molecule has 1 saturated heterocycles. The standard InChI is InChI=1S/C12H23NO2S/c1-10(9-14)5-4-7-13-12(15)11-6-2-3-8-16-11/h10-11,14H,2-9H2,1H3,(H,13,15). The van der Waals surface area contributed by atoms with Crippen LogP contribution in [0.2, 0.25) is 0 Å². The van der Waals surface area contributed by atoms with Crippen molar-refractivity contribution in [1.29, 1.82) is 0 Å². The van der Waals surface area contributed by atoms with Gasteiger partial charge in [-0.2, -0.15) is 0 Å². The van der Waals surface area contributed by atoms with E-state index in [2.05, 4.69) is 5.32 Å². The summed E-state index contributed by atoms with van der Waals surface area (Å²) in [5, 5.41) is 12.0. The number of thioether (sulfide) groups is 1. The van der Waals surface area contributed by atoms with Crippen LogP contribution in [0, 0.1) is 5.92 Å². The molecule has 1 aliphatic rings. The van der Waals surface area contributed by atoms with E-state index < -0.39 is 0 Å². The van der Waals surface area contributed by atoms with Crippen molar-refractivity contribution in [3.05, 3.63) is 0 Å². The lowest BCUT2D eigenvalue weighted by Gasteiger charge is -2.20. The monoisotopic (exact) mass is 245 g/mol. The minimum atomic E-state index is 0.184. The van der Waals surface area contributed by atoms with Gasteiger partial charge in [-0.05, 0) is 37.4 Å². The maximum absolute atomic E-state index is 11.7. The van der Waals surface area contributed by atoms with Crippen LogP contribution >= 0.6 is 11.8 Å². The number of amides is 1. The van der Waals surface area contributed by atoms with E-state index in [1.54, 1.807) is 11.8 Å². The van der Waals surface area contributed by atoms with E-state index in [-0.39, 0.29) is 17.8 Å². The van der Waals surface area contributed by atoms with Crippen LogP contribution < -0.4 is 5.32 Å². The van der Waals surface area contributed by atoms with Gasteiger partial charge in [0.05, 0.1) is 5.25 Å². The zero-order valence-electron chi connectivity index (χ0n) is 10.1. The molecule has 0 saturated carbocycles. The van der Waals surface area contributed by atoms with Crippen molar-refractivity contribution in [2.24, 2.45) is 5.92 Å². The molecule has 0 aromatic rings. The molecule has 1 fully saturated rings. The smallest absolute Gasteiger partial charge is 0.233 e. The first-order chi connectivity index (χ1) is 7.74. The minimum Gasteiger partial charge on any atom is -0.396 e. The first-order valence-corrected chi connectivity index (χ1v) is 7.29. The average Bonchev–Trinajstić information content (AvgIpc) is 2.35. The molecule has 94 valence electrons. The van der Waals surface area contributed by atoms with E-state index in [9.17, 15) is 4.79 Å². The fraction of sp³-hybridized carbons (Fsp3) is 0.917. The van der Waals surface area contributed by atoms with Crippen molar-refractivity contribution in [2.75, 3.05) is 18.9 Å². The van der Waals surface area contributed by atoms with Crippen molar-refractivity contribution >= 4 is 17.7 Å². The Balaban J connectivity index is 2.05. The van der Waals surface area contributed by atoms with Crippen molar-refractivity contribution in [3.8, 4) is 0 Å². The number of rotatable bonds is 6. The van der Waals surface area contributed by atoms with Gasteiger partial charge in [-0.15, -0.1) is 11.8 Å². The summed E-state index contributed by atoms with van der Waals surface area (Å²) in [5.74, 6) is 1.68. The van der Waals surface area contributed by atoms with Gasteiger partial charge in [-0.25, -0.2) is 0 Å². The quantitative estimate of drug-likeness (QED) is 0.702. The summed E-state index contributed by atoms with van der Waals surface area (Å²) in [5.41, 5.74) is 0. The highest BCUT2D eigenvalue weighted by molar-refractivity contribution is 8.00. The third kappa shape index (κ3) is 5.21. The van der Waals surface area contributed by atoms with Crippen LogP contribution in [0.5, 0.6) is 0 Å². The van der Waals surface area contributed by atoms with E-state index in [0.29, 0.717) is 5.92 Å². The predicted octanol–water partition coefficient (Wildman–Crippen LogP) is 1.80. The van der Waals surface area contributed by atoms with Gasteiger partial charge in [-0.1, -0.05) is 13.3 Å². The molecule has 16 heavy (non-hydrogen) atoms. The van der Waals surface area contributed by atoms with Crippen molar-refractivity contribution in [1.82, 2.24) is 5.32 Å². The number of hydrogen-bond acceptors (Lipinski definition) is 3. The van der Waals surface area contributed by atoms with Crippen molar-refractivity contribution in [3.63, 3.8) is 0 Å². The molecule has 0 aromatic carbocycles. The SMILES string of the molecule is CC(CO)CCCNC(=O)C1CCCCS1. The highest BCUT2D eigenvalue weighted by Crippen LogP contribution is 2.24. The number of aliphatic hydroxyl groups excluding tert-OH is 1. The van der Waals surface area contributed by atoms with E-state index in [1.165, 1.54) is 12.8 Å². The van der Waals surface area contributed by atoms with Gasteiger partial charge in [0.15, 0.2) is 0 Å². The van der Waals surface area contributed by atoms with E-state index in [4.69, 9.17) is 5.11 Å². The lowest BCUT2D eigenvalue weighted by molar-refractivity contribution is -0.120. The van der Waals surface area contributed by atoms with E-state index in [1.807, 2.05) is 6.92 Å². The second-order valence-electron chi connectivity index (χ2n) is 4.58. The lowest BCUT2D eigenvalue weighted by Crippen LogP contribution is -2.34. The molecule has 0 radical (unpaired) electrons. The first-order valence-electron chi connectivity index (χ1n) is 6.24. The van der Waals surface area contributed by atoms with Crippen LogP contribution in [0.1, 0.15) is 39.0 Å². The van der Waals surface area contributed by atoms with Gasteiger partial charge < -0.3 is 10.4 Å². The molecule has 2 atom stereocenters. The Morgan fingerprint density at radius 2 is 2.38 bits per heavy atom. The topological polar surface area (TPSA) is 49.3 Å². The molecule has 2 unspecified atom stereocenters. The summed E-state index contributed by atoms with van der Waals surface area (Å²) in [4.78, 5) is 11.7. The predicted molar refractivity (Wildman–Crippen MR) is 68.6 cm³/mol. The number of carbonyl (C=O) groups is 1. The number of carbonyl (C=O) groups excluding carboxylic acids is 1. The molecule has 2 N–H and O–H groups in total. The molecule has 1 heterocycles. The third-order valence-corrected chi connectivity index (χ3v) is 4.33. The molecule has 0 aliphatic carbocycles. The summed E-state index contributed by atoms with van der Waals surface area (Å²) in [7, 11) is 0. The van der Waals surface area contributed by atoms with Crippen LogP contribution in [0.25, 0.3) is 0 Å². The highest BCUT2D eigenvalue weighted by Gasteiger charge is 2.20. The van der Waals surface area contributed by atoms with E-state index >= 15 is 0 Å². The second-order valence-corrected chi connectivity index (χ2v) is 5.89. The van der Waals surface area contributed by atoms with Gasteiger partial charge in [0.2, 0.25) is 5.91 Å². The molecule has 1 aliphatic heterocycles. The molecule has 0 spiro atoms. The second kappa shape index (κ2) is 7.96. The lowest BCUT2D eigenvalue weighted by atomic mass is 10.1. The summed E-state index contributed by atoms with van der Waals surface area (Å²) in [6, 6.07) is 0. The summed E-state index contributed by atoms with van der Waals surface area (Å²) in [6.45, 7) is 3.02. The number of nitrogens with one attached hydrogen (secondary N) is 1. The van der Waals surface area contributed by atoms with Crippen molar-refractivity contribution < 1.29 is 9.90 Å². The minimum absolute atomic E-state index is 0.184. The van der Waals surface area contributed by atoms with Gasteiger partial charge >= 0.3 is 0 Å². The number of aliphatic hydroxyl groups is 1. The molecule has 3 nitrogen and oxygen atoms in total. The summed E-state index contributed by atoms with van der Waals surface area (Å²) in [6.07, 6.45) is 5.41. The van der Waals surface area contributed by atoms with Gasteiger partial charge in [0, 0.05) is 13.2 Å². The zero-order chi connectivity index (χ0) is 11.8. The Morgan fingerprint density at radius 1 is 1.56 bits per heavy atom. The van der Waals surface area contributed by atoms with Crippen LogP contribution in [0.15, 0.2) is 0 Å². The van der Waals surface area contributed by atoms with Crippen LogP contribution in [0.4, 0.5) is 0 Å². The largest absolute Gasteiger partial charge is 0.396 e. The van der Waals surface area contributed by atoms with Crippen LogP contribution in [-0.2, 0) is 4.79 Å². The molecule has 0 aromatic heterocycles. The Hall–Kier alpha value is -0.220. The van der Waals surface area contributed by atoms with Gasteiger partial charge in [0.25, 0.3) is 0 Å². The van der Waals surface area contributed by atoms with Crippen LogP contribution in [0.3, 0.4) is 0 Å². The Kier molecular flexibility index (Phi) is 6.88. The Morgan fingerprint density at radius 3 is 3.00 bits per heavy atom. The molecule has 1 amide bonds. The molecular weight excluding hydrogens is 222 g/mol.